The summed E-state index contributed by atoms with van der Waals surface area (Å²) >= 11 is 1.68. The number of nitrogens with one attached hydrogen (secondary N) is 1. The standard InChI is InChI=1S/C15H15N3S/c1-2-11-6-7-13-14(9-11)18-15(17-13)19-10-12-5-3-4-8-16-12/h3-9H,2,10H2,1H3,(H,17,18). The summed E-state index contributed by atoms with van der Waals surface area (Å²) in [7, 11) is 0. The number of aromatic nitrogens is 3. The predicted molar refractivity (Wildman–Crippen MR) is 79.3 cm³/mol. The van der Waals surface area contributed by atoms with Crippen molar-refractivity contribution in [3.63, 3.8) is 0 Å². The van der Waals surface area contributed by atoms with Crippen molar-refractivity contribution >= 4 is 22.8 Å². The molecule has 4 heteroatoms. The van der Waals surface area contributed by atoms with Gasteiger partial charge < -0.3 is 4.98 Å². The summed E-state index contributed by atoms with van der Waals surface area (Å²) in [5.74, 6) is 0.835. The number of thioether (sulfide) groups is 1. The topological polar surface area (TPSA) is 41.6 Å². The van der Waals surface area contributed by atoms with Crippen molar-refractivity contribution < 1.29 is 0 Å². The van der Waals surface area contributed by atoms with Crippen molar-refractivity contribution in [3.05, 3.63) is 53.9 Å². The Hall–Kier alpha value is -1.81. The molecule has 0 saturated heterocycles. The lowest BCUT2D eigenvalue weighted by Crippen LogP contribution is -1.85. The van der Waals surface area contributed by atoms with Crippen LogP contribution < -0.4 is 0 Å². The average molecular weight is 269 g/mol. The number of H-pyrrole nitrogens is 1. The first kappa shape index (κ1) is 12.2. The van der Waals surface area contributed by atoms with Crippen LogP contribution in [0.5, 0.6) is 0 Å². The van der Waals surface area contributed by atoms with E-state index in [0.717, 1.165) is 34.1 Å². The zero-order valence-corrected chi connectivity index (χ0v) is 11.6. The molecular weight excluding hydrogens is 254 g/mol. The molecule has 0 atom stereocenters. The Kier molecular flexibility index (Phi) is 3.51. The summed E-state index contributed by atoms with van der Waals surface area (Å²) in [5.41, 5.74) is 4.53. The van der Waals surface area contributed by atoms with Gasteiger partial charge in [-0.15, -0.1) is 0 Å². The number of hydrogen-bond donors (Lipinski definition) is 1. The molecule has 0 aliphatic heterocycles. The van der Waals surface area contributed by atoms with E-state index in [1.807, 2.05) is 24.4 Å². The van der Waals surface area contributed by atoms with Crippen molar-refractivity contribution in [3.8, 4) is 0 Å². The van der Waals surface area contributed by atoms with Gasteiger partial charge in [0.25, 0.3) is 0 Å². The lowest BCUT2D eigenvalue weighted by molar-refractivity contribution is 1.07. The lowest BCUT2D eigenvalue weighted by Gasteiger charge is -1.96. The second-order valence-electron chi connectivity index (χ2n) is 4.36. The van der Waals surface area contributed by atoms with E-state index in [9.17, 15) is 0 Å². The van der Waals surface area contributed by atoms with E-state index in [4.69, 9.17) is 0 Å². The van der Waals surface area contributed by atoms with Crippen LogP contribution in [0.3, 0.4) is 0 Å². The Bertz CT molecular complexity index is 676. The van der Waals surface area contributed by atoms with Gasteiger partial charge in [-0.2, -0.15) is 0 Å². The highest BCUT2D eigenvalue weighted by Crippen LogP contribution is 2.23. The predicted octanol–water partition coefficient (Wildman–Crippen LogP) is 3.81. The van der Waals surface area contributed by atoms with Crippen molar-refractivity contribution in [2.45, 2.75) is 24.3 Å². The number of hydrogen-bond acceptors (Lipinski definition) is 3. The van der Waals surface area contributed by atoms with Crippen LogP contribution in [-0.4, -0.2) is 15.0 Å². The fraction of sp³-hybridized carbons (Fsp3) is 0.200. The third-order valence-electron chi connectivity index (χ3n) is 3.02. The van der Waals surface area contributed by atoms with E-state index in [0.29, 0.717) is 0 Å². The van der Waals surface area contributed by atoms with E-state index in [1.165, 1.54) is 5.56 Å². The minimum absolute atomic E-state index is 0.835. The highest BCUT2D eigenvalue weighted by Gasteiger charge is 2.04. The molecule has 0 amide bonds. The Balaban J connectivity index is 1.78. The molecule has 0 saturated carbocycles. The average Bonchev–Trinajstić information content (AvgIpc) is 2.88. The van der Waals surface area contributed by atoms with Gasteiger partial charge in [0.1, 0.15) is 0 Å². The maximum atomic E-state index is 4.62. The molecule has 0 fully saturated rings. The van der Waals surface area contributed by atoms with Crippen LogP contribution in [0, 0.1) is 0 Å². The largest absolute Gasteiger partial charge is 0.333 e. The summed E-state index contributed by atoms with van der Waals surface area (Å²) in [5, 5.41) is 0.953. The number of fused-ring (bicyclic) bond motifs is 1. The molecule has 0 aliphatic carbocycles. The molecule has 0 spiro atoms. The third-order valence-corrected chi connectivity index (χ3v) is 3.92. The van der Waals surface area contributed by atoms with Crippen LogP contribution in [0.2, 0.25) is 0 Å². The number of pyridine rings is 1. The Morgan fingerprint density at radius 3 is 2.95 bits per heavy atom. The number of imidazole rings is 1. The minimum atomic E-state index is 0.835. The maximum absolute atomic E-state index is 4.62. The Morgan fingerprint density at radius 2 is 2.16 bits per heavy atom. The third kappa shape index (κ3) is 2.79. The number of aryl methyl sites for hydroxylation is 1. The van der Waals surface area contributed by atoms with E-state index in [-0.39, 0.29) is 0 Å². The Labute approximate surface area is 116 Å². The minimum Gasteiger partial charge on any atom is -0.333 e. The summed E-state index contributed by atoms with van der Waals surface area (Å²) in [6.45, 7) is 2.16. The molecule has 96 valence electrons. The lowest BCUT2D eigenvalue weighted by atomic mass is 10.1. The van der Waals surface area contributed by atoms with Crippen LogP contribution in [-0.2, 0) is 12.2 Å². The maximum Gasteiger partial charge on any atom is 0.166 e. The van der Waals surface area contributed by atoms with Crippen molar-refractivity contribution in [2.75, 3.05) is 0 Å². The molecular formula is C15H15N3S. The molecule has 0 bridgehead atoms. The molecule has 3 aromatic rings. The summed E-state index contributed by atoms with van der Waals surface area (Å²) in [4.78, 5) is 12.3. The molecule has 0 unspecified atom stereocenters. The summed E-state index contributed by atoms with van der Waals surface area (Å²) in [6.07, 6.45) is 2.86. The first-order chi connectivity index (χ1) is 9.35. The van der Waals surface area contributed by atoms with E-state index >= 15 is 0 Å². The fourth-order valence-corrected chi connectivity index (χ4v) is 2.74. The van der Waals surface area contributed by atoms with Gasteiger partial charge in [0, 0.05) is 11.9 Å². The fourth-order valence-electron chi connectivity index (χ4n) is 1.94. The van der Waals surface area contributed by atoms with Crippen molar-refractivity contribution in [1.82, 2.24) is 15.0 Å². The quantitative estimate of drug-likeness (QED) is 0.732. The smallest absolute Gasteiger partial charge is 0.166 e. The van der Waals surface area contributed by atoms with Crippen LogP contribution >= 0.6 is 11.8 Å². The van der Waals surface area contributed by atoms with Gasteiger partial charge in [-0.05, 0) is 36.2 Å². The number of benzene rings is 1. The molecule has 0 radical (unpaired) electrons. The highest BCUT2D eigenvalue weighted by molar-refractivity contribution is 7.98. The van der Waals surface area contributed by atoms with Gasteiger partial charge in [-0.1, -0.05) is 30.8 Å². The molecule has 19 heavy (non-hydrogen) atoms. The first-order valence-corrected chi connectivity index (χ1v) is 7.35. The highest BCUT2D eigenvalue weighted by atomic mass is 32.2. The zero-order chi connectivity index (χ0) is 13.1. The molecule has 2 heterocycles. The molecule has 1 N–H and O–H groups in total. The van der Waals surface area contributed by atoms with Gasteiger partial charge in [-0.3, -0.25) is 4.98 Å². The molecule has 1 aromatic carbocycles. The Morgan fingerprint density at radius 1 is 1.21 bits per heavy atom. The zero-order valence-electron chi connectivity index (χ0n) is 10.8. The van der Waals surface area contributed by atoms with Crippen molar-refractivity contribution in [1.29, 1.82) is 0 Å². The van der Waals surface area contributed by atoms with E-state index in [1.54, 1.807) is 11.8 Å². The number of rotatable bonds is 4. The molecule has 2 aromatic heterocycles. The molecule has 3 rings (SSSR count). The normalized spacial score (nSPS) is 11.0. The number of nitrogens with zero attached hydrogens (tertiary/aromatic N) is 2. The van der Waals surface area contributed by atoms with Crippen LogP contribution in [0.25, 0.3) is 11.0 Å². The van der Waals surface area contributed by atoms with Crippen LogP contribution in [0.4, 0.5) is 0 Å². The van der Waals surface area contributed by atoms with Gasteiger partial charge in [0.2, 0.25) is 0 Å². The van der Waals surface area contributed by atoms with Gasteiger partial charge in [0.05, 0.1) is 16.7 Å². The first-order valence-electron chi connectivity index (χ1n) is 6.36. The van der Waals surface area contributed by atoms with E-state index in [2.05, 4.69) is 40.1 Å². The van der Waals surface area contributed by atoms with Crippen LogP contribution in [0.15, 0.2) is 47.8 Å². The second-order valence-corrected chi connectivity index (χ2v) is 5.32. The van der Waals surface area contributed by atoms with E-state index < -0.39 is 0 Å². The second kappa shape index (κ2) is 5.45. The van der Waals surface area contributed by atoms with Crippen LogP contribution in [0.1, 0.15) is 18.2 Å². The SMILES string of the molecule is CCc1ccc2[nH]c(SCc3ccccn3)nc2c1. The van der Waals surface area contributed by atoms with Crippen molar-refractivity contribution in [2.24, 2.45) is 0 Å². The van der Waals surface area contributed by atoms with Gasteiger partial charge in [0.15, 0.2) is 5.16 Å². The van der Waals surface area contributed by atoms with Gasteiger partial charge in [-0.25, -0.2) is 4.98 Å². The molecule has 3 nitrogen and oxygen atoms in total. The number of aromatic amines is 1. The summed E-state index contributed by atoms with van der Waals surface area (Å²) in [6, 6.07) is 12.4. The monoisotopic (exact) mass is 269 g/mol. The summed E-state index contributed by atoms with van der Waals surface area (Å²) < 4.78 is 0. The van der Waals surface area contributed by atoms with Gasteiger partial charge >= 0.3 is 0 Å². The molecule has 0 aliphatic rings.